The van der Waals surface area contributed by atoms with Crippen LogP contribution in [0.2, 0.25) is 0 Å². The summed E-state index contributed by atoms with van der Waals surface area (Å²) in [5.41, 5.74) is 2.37. The topological polar surface area (TPSA) is 31.4 Å². The number of nitrogens with one attached hydrogen (secondary N) is 1. The quantitative estimate of drug-likeness (QED) is 0.827. The molecule has 0 radical (unpaired) electrons. The predicted octanol–water partition coefficient (Wildman–Crippen LogP) is 3.19. The molecule has 1 aromatic carbocycles. The standard InChI is InChI=1S/C20H28N4/c1-23-12-6-14-24(16-15-23)13-5-11-21-20-10-9-19(17-22-20)18-7-3-2-4-8-18/h2-4,7-10,17H,5-6,11-16H2,1H3,(H,21,22). The van der Waals surface area contributed by atoms with Crippen LogP contribution in [0.1, 0.15) is 12.8 Å². The molecule has 2 aromatic rings. The molecule has 0 unspecified atom stereocenters. The van der Waals surface area contributed by atoms with Crippen molar-refractivity contribution in [2.45, 2.75) is 12.8 Å². The lowest BCUT2D eigenvalue weighted by atomic mass is 10.1. The molecular weight excluding hydrogens is 296 g/mol. The van der Waals surface area contributed by atoms with Crippen LogP contribution < -0.4 is 5.32 Å². The molecule has 1 aromatic heterocycles. The zero-order chi connectivity index (χ0) is 16.6. The Kier molecular flexibility index (Phi) is 6.21. The molecule has 0 saturated carbocycles. The molecule has 1 fully saturated rings. The van der Waals surface area contributed by atoms with Gasteiger partial charge in [0.25, 0.3) is 0 Å². The first-order valence-corrected chi connectivity index (χ1v) is 8.97. The molecule has 1 aliphatic heterocycles. The van der Waals surface area contributed by atoms with Crippen LogP contribution in [0.5, 0.6) is 0 Å². The first kappa shape index (κ1) is 16.9. The molecule has 1 N–H and O–H groups in total. The lowest BCUT2D eigenvalue weighted by Gasteiger charge is -2.20. The maximum Gasteiger partial charge on any atom is 0.125 e. The normalized spacial score (nSPS) is 16.7. The third-order valence-corrected chi connectivity index (χ3v) is 4.64. The van der Waals surface area contributed by atoms with Gasteiger partial charge in [-0.2, -0.15) is 0 Å². The zero-order valence-electron chi connectivity index (χ0n) is 14.6. The van der Waals surface area contributed by atoms with Crippen LogP contribution in [-0.2, 0) is 0 Å². The molecule has 128 valence electrons. The SMILES string of the molecule is CN1CCCN(CCCNc2ccc(-c3ccccc3)cn2)CC1. The van der Waals surface area contributed by atoms with Crippen molar-refractivity contribution < 1.29 is 0 Å². The third kappa shape index (κ3) is 5.05. The van der Waals surface area contributed by atoms with Crippen molar-refractivity contribution in [3.63, 3.8) is 0 Å². The van der Waals surface area contributed by atoms with Gasteiger partial charge in [0.15, 0.2) is 0 Å². The van der Waals surface area contributed by atoms with Crippen LogP contribution in [0.3, 0.4) is 0 Å². The van der Waals surface area contributed by atoms with Crippen LogP contribution in [0.25, 0.3) is 11.1 Å². The Bertz CT molecular complexity index is 597. The number of hydrogen-bond donors (Lipinski definition) is 1. The van der Waals surface area contributed by atoms with E-state index in [1.807, 2.05) is 12.3 Å². The molecule has 24 heavy (non-hydrogen) atoms. The Morgan fingerprint density at radius 1 is 0.958 bits per heavy atom. The van der Waals surface area contributed by atoms with E-state index in [4.69, 9.17) is 0 Å². The Labute approximate surface area is 145 Å². The molecule has 3 rings (SSSR count). The second-order valence-corrected chi connectivity index (χ2v) is 6.58. The van der Waals surface area contributed by atoms with Crippen molar-refractivity contribution in [1.82, 2.24) is 14.8 Å². The van der Waals surface area contributed by atoms with Crippen molar-refractivity contribution in [1.29, 1.82) is 0 Å². The van der Waals surface area contributed by atoms with Gasteiger partial charge in [0.2, 0.25) is 0 Å². The van der Waals surface area contributed by atoms with Gasteiger partial charge < -0.3 is 15.1 Å². The average Bonchev–Trinajstić information content (AvgIpc) is 2.84. The van der Waals surface area contributed by atoms with E-state index in [2.05, 4.69) is 63.5 Å². The lowest BCUT2D eigenvalue weighted by Crippen LogP contribution is -2.30. The van der Waals surface area contributed by atoms with Crippen molar-refractivity contribution in [2.75, 3.05) is 51.6 Å². The number of nitrogens with zero attached hydrogens (tertiary/aromatic N) is 3. The summed E-state index contributed by atoms with van der Waals surface area (Å²) in [6.07, 6.45) is 4.39. The first-order valence-electron chi connectivity index (χ1n) is 8.97. The number of aromatic nitrogens is 1. The minimum Gasteiger partial charge on any atom is -0.370 e. The van der Waals surface area contributed by atoms with E-state index in [9.17, 15) is 0 Å². The summed E-state index contributed by atoms with van der Waals surface area (Å²) in [4.78, 5) is 9.54. The fraction of sp³-hybridized carbons (Fsp3) is 0.450. The minimum atomic E-state index is 0.963. The van der Waals surface area contributed by atoms with Crippen LogP contribution >= 0.6 is 0 Å². The summed E-state index contributed by atoms with van der Waals surface area (Å²) < 4.78 is 0. The highest BCUT2D eigenvalue weighted by Gasteiger charge is 2.11. The molecule has 1 aliphatic rings. The Balaban J connectivity index is 1.41. The van der Waals surface area contributed by atoms with Gasteiger partial charge in [-0.3, -0.25) is 0 Å². The van der Waals surface area contributed by atoms with Crippen molar-refractivity contribution in [3.05, 3.63) is 48.7 Å². The first-order chi connectivity index (χ1) is 11.8. The van der Waals surface area contributed by atoms with Crippen molar-refractivity contribution in [3.8, 4) is 11.1 Å². The number of hydrogen-bond acceptors (Lipinski definition) is 4. The van der Waals surface area contributed by atoms with E-state index in [0.717, 1.165) is 24.3 Å². The van der Waals surface area contributed by atoms with Crippen molar-refractivity contribution >= 4 is 5.82 Å². The molecule has 4 nitrogen and oxygen atoms in total. The van der Waals surface area contributed by atoms with Crippen LogP contribution in [0, 0.1) is 0 Å². The summed E-state index contributed by atoms with van der Waals surface area (Å²) in [5.74, 6) is 0.963. The number of likely N-dealkylation sites (N-methyl/N-ethyl adjacent to an activating group) is 1. The van der Waals surface area contributed by atoms with Crippen LogP contribution in [0.15, 0.2) is 48.7 Å². The Hall–Kier alpha value is -1.91. The van der Waals surface area contributed by atoms with Crippen molar-refractivity contribution in [2.24, 2.45) is 0 Å². The molecule has 0 bridgehead atoms. The number of anilines is 1. The fourth-order valence-corrected chi connectivity index (χ4v) is 3.14. The molecule has 0 spiro atoms. The van der Waals surface area contributed by atoms with Gasteiger partial charge in [-0.1, -0.05) is 30.3 Å². The summed E-state index contributed by atoms with van der Waals surface area (Å²) in [7, 11) is 2.22. The highest BCUT2D eigenvalue weighted by atomic mass is 15.2. The van der Waals surface area contributed by atoms with E-state index in [-0.39, 0.29) is 0 Å². The van der Waals surface area contributed by atoms with Gasteiger partial charge in [0, 0.05) is 31.4 Å². The zero-order valence-corrected chi connectivity index (χ0v) is 14.6. The van der Waals surface area contributed by atoms with Gasteiger partial charge in [-0.05, 0) is 57.2 Å². The molecule has 0 amide bonds. The van der Waals surface area contributed by atoms with Gasteiger partial charge in [-0.25, -0.2) is 4.98 Å². The third-order valence-electron chi connectivity index (χ3n) is 4.64. The second-order valence-electron chi connectivity index (χ2n) is 6.58. The van der Waals surface area contributed by atoms with E-state index in [0.29, 0.717) is 0 Å². The van der Waals surface area contributed by atoms with E-state index in [1.165, 1.54) is 44.7 Å². The lowest BCUT2D eigenvalue weighted by molar-refractivity contribution is 0.276. The maximum absolute atomic E-state index is 4.53. The highest BCUT2D eigenvalue weighted by Crippen LogP contribution is 2.18. The molecule has 0 aliphatic carbocycles. The van der Waals surface area contributed by atoms with E-state index in [1.54, 1.807) is 0 Å². The van der Waals surface area contributed by atoms with Crippen LogP contribution in [-0.4, -0.2) is 61.1 Å². The second kappa shape index (κ2) is 8.81. The largest absolute Gasteiger partial charge is 0.370 e. The summed E-state index contributed by atoms with van der Waals surface area (Å²) in [5, 5.41) is 3.44. The Morgan fingerprint density at radius 2 is 1.83 bits per heavy atom. The van der Waals surface area contributed by atoms with Gasteiger partial charge >= 0.3 is 0 Å². The van der Waals surface area contributed by atoms with Gasteiger partial charge in [-0.15, -0.1) is 0 Å². The Morgan fingerprint density at radius 3 is 2.62 bits per heavy atom. The van der Waals surface area contributed by atoms with E-state index >= 15 is 0 Å². The number of benzene rings is 1. The summed E-state index contributed by atoms with van der Waals surface area (Å²) in [6, 6.07) is 14.6. The highest BCUT2D eigenvalue weighted by molar-refractivity contribution is 5.63. The summed E-state index contributed by atoms with van der Waals surface area (Å²) in [6.45, 7) is 6.99. The molecule has 2 heterocycles. The molecule has 0 atom stereocenters. The number of rotatable bonds is 6. The van der Waals surface area contributed by atoms with Crippen LogP contribution in [0.4, 0.5) is 5.82 Å². The summed E-state index contributed by atoms with van der Waals surface area (Å²) >= 11 is 0. The molecule has 1 saturated heterocycles. The van der Waals surface area contributed by atoms with Gasteiger partial charge in [0.1, 0.15) is 5.82 Å². The number of pyridine rings is 1. The minimum absolute atomic E-state index is 0.963. The molecule has 4 heteroatoms. The monoisotopic (exact) mass is 324 g/mol. The fourth-order valence-electron chi connectivity index (χ4n) is 3.14. The van der Waals surface area contributed by atoms with Gasteiger partial charge in [0.05, 0.1) is 0 Å². The maximum atomic E-state index is 4.53. The van der Waals surface area contributed by atoms with E-state index < -0.39 is 0 Å². The smallest absolute Gasteiger partial charge is 0.125 e. The average molecular weight is 324 g/mol. The molecular formula is C20H28N4. The predicted molar refractivity (Wildman–Crippen MR) is 101 cm³/mol.